The second-order valence-corrected chi connectivity index (χ2v) is 8.59. The van der Waals surface area contributed by atoms with Gasteiger partial charge in [-0.1, -0.05) is 30.3 Å². The molecule has 0 heterocycles. The molecule has 6 nitrogen and oxygen atoms in total. The molecule has 0 spiro atoms. The van der Waals surface area contributed by atoms with Crippen molar-refractivity contribution in [3.05, 3.63) is 89.0 Å². The lowest BCUT2D eigenvalue weighted by atomic mass is 10.1. The highest BCUT2D eigenvalue weighted by molar-refractivity contribution is 7.92. The summed E-state index contributed by atoms with van der Waals surface area (Å²) >= 11 is 0. The third kappa shape index (κ3) is 5.04. The van der Waals surface area contributed by atoms with Gasteiger partial charge in [-0.05, 0) is 66.9 Å². The van der Waals surface area contributed by atoms with E-state index < -0.39 is 10.0 Å². The van der Waals surface area contributed by atoms with E-state index in [1.54, 1.807) is 61.5 Å². The number of hydrogen-bond acceptors (Lipinski definition) is 4. The van der Waals surface area contributed by atoms with Gasteiger partial charge in [0.1, 0.15) is 0 Å². The van der Waals surface area contributed by atoms with Gasteiger partial charge >= 0.3 is 0 Å². The summed E-state index contributed by atoms with van der Waals surface area (Å²) in [6.07, 6.45) is 0.302. The minimum absolute atomic E-state index is 0.204. The van der Waals surface area contributed by atoms with Crippen LogP contribution in [-0.4, -0.2) is 14.3 Å². The summed E-state index contributed by atoms with van der Waals surface area (Å²) in [7, 11) is -3.79. The van der Waals surface area contributed by atoms with Gasteiger partial charge < -0.3 is 5.32 Å². The number of carbonyl (C=O) groups excluding carboxylic acids is 1. The number of aryl methyl sites for hydroxylation is 2. The Hall–Kier alpha value is -3.63. The molecule has 0 saturated carbocycles. The van der Waals surface area contributed by atoms with Crippen LogP contribution in [0.15, 0.2) is 71.6 Å². The van der Waals surface area contributed by atoms with Gasteiger partial charge in [-0.15, -0.1) is 0 Å². The van der Waals surface area contributed by atoms with E-state index in [9.17, 15) is 13.2 Å². The highest BCUT2D eigenvalue weighted by Crippen LogP contribution is 2.22. The number of benzene rings is 3. The molecule has 0 fully saturated rings. The summed E-state index contributed by atoms with van der Waals surface area (Å²) in [5.41, 5.74) is 3.54. The Morgan fingerprint density at radius 1 is 0.967 bits per heavy atom. The lowest BCUT2D eigenvalue weighted by Gasteiger charge is -2.12. The van der Waals surface area contributed by atoms with Gasteiger partial charge in [-0.25, -0.2) is 8.42 Å². The van der Waals surface area contributed by atoms with Crippen molar-refractivity contribution in [1.29, 1.82) is 5.26 Å². The zero-order valence-electron chi connectivity index (χ0n) is 16.6. The molecule has 0 atom stereocenters. The van der Waals surface area contributed by atoms with Crippen LogP contribution in [0.25, 0.3) is 0 Å². The molecule has 0 aliphatic carbocycles. The van der Waals surface area contributed by atoms with E-state index in [1.165, 1.54) is 6.07 Å². The monoisotopic (exact) mass is 419 g/mol. The van der Waals surface area contributed by atoms with Crippen LogP contribution in [0.4, 0.5) is 11.4 Å². The molecule has 0 saturated heterocycles. The molecule has 0 radical (unpaired) electrons. The molecule has 0 aliphatic rings. The zero-order valence-corrected chi connectivity index (χ0v) is 17.5. The average molecular weight is 420 g/mol. The average Bonchev–Trinajstić information content (AvgIpc) is 2.71. The van der Waals surface area contributed by atoms with Crippen LogP contribution in [-0.2, 0) is 16.4 Å². The van der Waals surface area contributed by atoms with Crippen LogP contribution >= 0.6 is 0 Å². The lowest BCUT2D eigenvalue weighted by Crippen LogP contribution is -2.16. The third-order valence-electron chi connectivity index (χ3n) is 4.51. The first-order chi connectivity index (χ1) is 14.3. The van der Waals surface area contributed by atoms with Crippen LogP contribution in [0.3, 0.4) is 0 Å². The number of nitriles is 1. The summed E-state index contributed by atoms with van der Waals surface area (Å²) in [4.78, 5) is 12.8. The van der Waals surface area contributed by atoms with E-state index >= 15 is 0 Å². The summed E-state index contributed by atoms with van der Waals surface area (Å²) in [5.74, 6) is -0.365. The molecular formula is C23H21N3O3S. The number of rotatable bonds is 6. The van der Waals surface area contributed by atoms with Crippen molar-refractivity contribution in [2.24, 2.45) is 0 Å². The Morgan fingerprint density at radius 3 is 2.40 bits per heavy atom. The van der Waals surface area contributed by atoms with Crippen LogP contribution in [0.1, 0.15) is 27.0 Å². The molecule has 3 rings (SSSR count). The first-order valence-electron chi connectivity index (χ1n) is 9.26. The zero-order chi connectivity index (χ0) is 21.7. The van der Waals surface area contributed by atoms with E-state index in [0.717, 1.165) is 11.1 Å². The molecule has 0 aliphatic heterocycles. The van der Waals surface area contributed by atoms with Crippen molar-refractivity contribution in [3.8, 4) is 6.07 Å². The Kier molecular flexibility index (Phi) is 6.19. The molecule has 3 aromatic rings. The molecule has 0 aromatic heterocycles. The van der Waals surface area contributed by atoms with E-state index in [4.69, 9.17) is 5.26 Å². The van der Waals surface area contributed by atoms with Gasteiger partial charge in [0.25, 0.3) is 15.9 Å². The Balaban J connectivity index is 1.78. The van der Waals surface area contributed by atoms with Crippen molar-refractivity contribution in [3.63, 3.8) is 0 Å². The fraction of sp³-hybridized carbons (Fsp3) is 0.130. The lowest BCUT2D eigenvalue weighted by molar-refractivity contribution is 0.102. The summed E-state index contributed by atoms with van der Waals surface area (Å²) in [6, 6.07) is 20.6. The largest absolute Gasteiger partial charge is 0.322 e. The Morgan fingerprint density at radius 2 is 1.70 bits per heavy atom. The van der Waals surface area contributed by atoms with Gasteiger partial charge in [0, 0.05) is 16.9 Å². The molecule has 1 amide bonds. The fourth-order valence-electron chi connectivity index (χ4n) is 2.93. The van der Waals surface area contributed by atoms with E-state index in [1.807, 2.05) is 13.0 Å². The van der Waals surface area contributed by atoms with Gasteiger partial charge in [-0.3, -0.25) is 9.52 Å². The number of carbonyl (C=O) groups is 1. The van der Waals surface area contributed by atoms with Crippen molar-refractivity contribution in [1.82, 2.24) is 0 Å². The molecule has 2 N–H and O–H groups in total. The SMILES string of the molecule is Cc1ccc(C)c(S(=O)(=O)Nc2cccc(C(=O)Nc3ccc(CC#N)cc3)c2)c1. The Bertz CT molecular complexity index is 1230. The highest BCUT2D eigenvalue weighted by Gasteiger charge is 2.18. The second kappa shape index (κ2) is 8.80. The minimum Gasteiger partial charge on any atom is -0.322 e. The van der Waals surface area contributed by atoms with Crippen LogP contribution in [0, 0.1) is 25.2 Å². The molecule has 152 valence electrons. The maximum Gasteiger partial charge on any atom is 0.262 e. The summed E-state index contributed by atoms with van der Waals surface area (Å²) < 4.78 is 28.1. The van der Waals surface area contributed by atoms with Crippen molar-refractivity contribution >= 4 is 27.3 Å². The third-order valence-corrected chi connectivity index (χ3v) is 6.03. The normalized spacial score (nSPS) is 10.8. The highest BCUT2D eigenvalue weighted by atomic mass is 32.2. The predicted molar refractivity (Wildman–Crippen MR) is 117 cm³/mol. The van der Waals surface area contributed by atoms with E-state index in [2.05, 4.69) is 16.1 Å². The number of amides is 1. The van der Waals surface area contributed by atoms with Gasteiger partial charge in [-0.2, -0.15) is 5.26 Å². The molecule has 0 unspecified atom stereocenters. The van der Waals surface area contributed by atoms with Crippen molar-refractivity contribution in [2.75, 3.05) is 10.0 Å². The number of nitrogens with one attached hydrogen (secondary N) is 2. The van der Waals surface area contributed by atoms with Gasteiger partial charge in [0.2, 0.25) is 0 Å². The number of nitrogens with zero attached hydrogens (tertiary/aromatic N) is 1. The second-order valence-electron chi connectivity index (χ2n) is 6.94. The van der Waals surface area contributed by atoms with Crippen molar-refractivity contribution in [2.45, 2.75) is 25.2 Å². The van der Waals surface area contributed by atoms with E-state index in [-0.39, 0.29) is 10.8 Å². The molecule has 3 aromatic carbocycles. The van der Waals surface area contributed by atoms with Crippen molar-refractivity contribution < 1.29 is 13.2 Å². The smallest absolute Gasteiger partial charge is 0.262 e. The van der Waals surface area contributed by atoms with Crippen LogP contribution in [0.5, 0.6) is 0 Å². The predicted octanol–water partition coefficient (Wildman–Crippen LogP) is 4.42. The number of sulfonamides is 1. The number of hydrogen-bond donors (Lipinski definition) is 2. The quantitative estimate of drug-likeness (QED) is 0.618. The molecule has 0 bridgehead atoms. The first-order valence-corrected chi connectivity index (χ1v) is 10.7. The topological polar surface area (TPSA) is 99.1 Å². The molecule has 7 heteroatoms. The Labute approximate surface area is 176 Å². The maximum absolute atomic E-state index is 12.8. The van der Waals surface area contributed by atoms with Crippen LogP contribution < -0.4 is 10.0 Å². The fourth-order valence-corrected chi connectivity index (χ4v) is 4.31. The summed E-state index contributed by atoms with van der Waals surface area (Å²) in [5, 5.41) is 11.5. The summed E-state index contributed by atoms with van der Waals surface area (Å²) in [6.45, 7) is 3.57. The van der Waals surface area contributed by atoms with Crippen LogP contribution in [0.2, 0.25) is 0 Å². The first kappa shape index (κ1) is 21.1. The van der Waals surface area contributed by atoms with E-state index in [0.29, 0.717) is 28.9 Å². The number of anilines is 2. The van der Waals surface area contributed by atoms with Gasteiger partial charge in [0.15, 0.2) is 0 Å². The molecular weight excluding hydrogens is 398 g/mol. The maximum atomic E-state index is 12.8. The minimum atomic E-state index is -3.79. The standard InChI is InChI=1S/C23H21N3O3S/c1-16-6-7-17(2)22(14-16)30(28,29)26-21-5-3-4-19(15-21)23(27)25-20-10-8-18(9-11-20)12-13-24/h3-11,14-15,26H,12H2,1-2H3,(H,25,27). The van der Waals surface area contributed by atoms with Gasteiger partial charge in [0.05, 0.1) is 17.4 Å². The molecule has 30 heavy (non-hydrogen) atoms.